The lowest BCUT2D eigenvalue weighted by Gasteiger charge is -2.08. The summed E-state index contributed by atoms with van der Waals surface area (Å²) in [5, 5.41) is 0. The summed E-state index contributed by atoms with van der Waals surface area (Å²) in [5.74, 6) is 2.65. The molecule has 10 heavy (non-hydrogen) atoms. The second-order valence-corrected chi connectivity index (χ2v) is 9.01. The lowest BCUT2D eigenvalue weighted by molar-refractivity contribution is 0.918. The minimum atomic E-state index is -2.22. The van der Waals surface area contributed by atoms with Crippen molar-refractivity contribution in [2.24, 2.45) is 0 Å². The van der Waals surface area contributed by atoms with Crippen molar-refractivity contribution in [3.63, 3.8) is 0 Å². The molecule has 0 saturated heterocycles. The van der Waals surface area contributed by atoms with Gasteiger partial charge in [-0.25, -0.2) is 0 Å². The molecule has 1 atom stereocenters. The summed E-state index contributed by atoms with van der Waals surface area (Å²) in [6.45, 7) is 5.36. The van der Waals surface area contributed by atoms with Crippen molar-refractivity contribution >= 4 is 19.7 Å². The molecule has 0 saturated carbocycles. The predicted octanol–water partition coefficient (Wildman–Crippen LogP) is 2.88. The van der Waals surface area contributed by atoms with Gasteiger partial charge >= 0.3 is 0 Å². The molecular formula is C8H15ClSi. The molecule has 0 aromatic rings. The summed E-state index contributed by atoms with van der Waals surface area (Å²) in [6, 6.07) is 0. The molecule has 0 heterocycles. The van der Waals surface area contributed by atoms with Crippen LogP contribution in [0.25, 0.3) is 0 Å². The van der Waals surface area contributed by atoms with E-state index in [1.165, 1.54) is 6.92 Å². The van der Waals surface area contributed by atoms with Gasteiger partial charge in [0.05, 0.1) is 4.87 Å². The van der Waals surface area contributed by atoms with Gasteiger partial charge in [0.25, 0.3) is 0 Å². The SMILES string of the molecule is [2H]C([2H])([2H])C(C)(Cl)C#C[Si](C)(C)C. The number of hydrogen-bond acceptors (Lipinski definition) is 0. The summed E-state index contributed by atoms with van der Waals surface area (Å²) >= 11 is 5.80. The first-order valence-electron chi connectivity index (χ1n) is 4.69. The van der Waals surface area contributed by atoms with Gasteiger partial charge < -0.3 is 0 Å². The van der Waals surface area contributed by atoms with E-state index in [0.717, 1.165) is 0 Å². The minimum Gasteiger partial charge on any atom is -0.130 e. The zero-order valence-electron chi connectivity index (χ0n) is 9.88. The van der Waals surface area contributed by atoms with Gasteiger partial charge in [-0.3, -0.25) is 0 Å². The third-order valence-corrected chi connectivity index (χ3v) is 1.64. The van der Waals surface area contributed by atoms with Crippen LogP contribution in [0.5, 0.6) is 0 Å². The molecule has 0 aromatic heterocycles. The average Bonchev–Trinajstić information content (AvgIpc) is 1.79. The van der Waals surface area contributed by atoms with Crippen molar-refractivity contribution in [2.75, 3.05) is 0 Å². The standard InChI is InChI=1S/C8H15ClSi/c1-8(2,9)6-7-10(3,4)5/h1-5H3/i1D3. The molecule has 0 aliphatic carbocycles. The second-order valence-electron chi connectivity index (χ2n) is 3.50. The van der Waals surface area contributed by atoms with Crippen LogP contribution in [0.3, 0.4) is 0 Å². The average molecular weight is 178 g/mol. The van der Waals surface area contributed by atoms with E-state index in [4.69, 9.17) is 15.7 Å². The van der Waals surface area contributed by atoms with Crippen molar-refractivity contribution in [3.05, 3.63) is 0 Å². The first-order valence-corrected chi connectivity index (χ1v) is 7.07. The lowest BCUT2D eigenvalue weighted by Crippen LogP contribution is -2.18. The Morgan fingerprint density at radius 3 is 2.30 bits per heavy atom. The summed E-state index contributed by atoms with van der Waals surface area (Å²) in [7, 11) is -1.54. The Labute approximate surface area is 74.2 Å². The Morgan fingerprint density at radius 1 is 1.50 bits per heavy atom. The van der Waals surface area contributed by atoms with E-state index in [2.05, 4.69) is 11.5 Å². The third kappa shape index (κ3) is 8.07. The van der Waals surface area contributed by atoms with Crippen LogP contribution >= 0.6 is 11.6 Å². The van der Waals surface area contributed by atoms with Crippen LogP contribution in [0.15, 0.2) is 0 Å². The normalized spacial score (nSPS) is 22.7. The number of halogens is 1. The maximum absolute atomic E-state index is 7.16. The molecular weight excluding hydrogens is 160 g/mol. The van der Waals surface area contributed by atoms with Gasteiger partial charge in [-0.05, 0) is 13.8 Å². The molecule has 0 N–H and O–H groups in total. The molecule has 0 aliphatic heterocycles. The zero-order valence-corrected chi connectivity index (χ0v) is 8.63. The topological polar surface area (TPSA) is 0 Å². The molecule has 2 heteroatoms. The largest absolute Gasteiger partial charge is 0.130 e. The van der Waals surface area contributed by atoms with Gasteiger partial charge in [-0.2, -0.15) is 0 Å². The molecule has 0 radical (unpaired) electrons. The van der Waals surface area contributed by atoms with Crippen LogP contribution in [0.1, 0.15) is 17.9 Å². The van der Waals surface area contributed by atoms with Crippen molar-refractivity contribution in [1.29, 1.82) is 0 Å². The van der Waals surface area contributed by atoms with E-state index < -0.39 is 19.8 Å². The van der Waals surface area contributed by atoms with Gasteiger partial charge in [-0.1, -0.05) is 25.6 Å². The van der Waals surface area contributed by atoms with Gasteiger partial charge in [0, 0.05) is 4.11 Å². The van der Waals surface area contributed by atoms with Gasteiger partial charge in [0.2, 0.25) is 0 Å². The quantitative estimate of drug-likeness (QED) is 0.303. The molecule has 0 rings (SSSR count). The first-order chi connectivity index (χ1) is 5.46. The fourth-order valence-corrected chi connectivity index (χ4v) is 1.06. The molecule has 0 fully saturated rings. The Bertz CT molecular complexity index is 239. The predicted molar refractivity (Wildman–Crippen MR) is 51.1 cm³/mol. The number of hydrogen-bond donors (Lipinski definition) is 0. The first kappa shape index (κ1) is 5.68. The fraction of sp³-hybridized carbons (Fsp3) is 0.750. The Balaban J connectivity index is 4.77. The molecule has 0 aromatic carbocycles. The van der Waals surface area contributed by atoms with Crippen molar-refractivity contribution in [2.45, 2.75) is 38.3 Å². The van der Waals surface area contributed by atoms with Crippen LogP contribution in [0.4, 0.5) is 0 Å². The van der Waals surface area contributed by atoms with E-state index in [-0.39, 0.29) is 0 Å². The van der Waals surface area contributed by atoms with E-state index in [1.807, 2.05) is 19.6 Å². The monoisotopic (exact) mass is 177 g/mol. The van der Waals surface area contributed by atoms with E-state index in [9.17, 15) is 0 Å². The highest BCUT2D eigenvalue weighted by Gasteiger charge is 2.11. The highest BCUT2D eigenvalue weighted by atomic mass is 35.5. The third-order valence-electron chi connectivity index (χ3n) is 0.672. The van der Waals surface area contributed by atoms with E-state index in [0.29, 0.717) is 0 Å². The maximum Gasteiger partial charge on any atom is 0.129 e. The van der Waals surface area contributed by atoms with Crippen LogP contribution in [-0.2, 0) is 0 Å². The van der Waals surface area contributed by atoms with Crippen molar-refractivity contribution in [1.82, 2.24) is 0 Å². The van der Waals surface area contributed by atoms with E-state index in [1.54, 1.807) is 0 Å². The molecule has 58 valence electrons. The van der Waals surface area contributed by atoms with Gasteiger partial charge in [0.1, 0.15) is 8.07 Å². The maximum atomic E-state index is 7.16. The van der Waals surface area contributed by atoms with Gasteiger partial charge in [-0.15, -0.1) is 17.1 Å². The number of rotatable bonds is 0. The van der Waals surface area contributed by atoms with Crippen LogP contribution < -0.4 is 0 Å². The number of alkyl halides is 1. The summed E-state index contributed by atoms with van der Waals surface area (Å²) in [4.78, 5) is -1.41. The smallest absolute Gasteiger partial charge is 0.129 e. The summed E-state index contributed by atoms with van der Waals surface area (Å²) in [6.07, 6.45) is 0. The highest BCUT2D eigenvalue weighted by Crippen LogP contribution is 2.10. The second kappa shape index (κ2) is 2.98. The molecule has 0 amide bonds. The molecule has 0 spiro atoms. The highest BCUT2D eigenvalue weighted by molar-refractivity contribution is 6.83. The molecule has 0 bridgehead atoms. The van der Waals surface area contributed by atoms with Crippen LogP contribution in [0, 0.1) is 11.5 Å². The Morgan fingerprint density at radius 2 is 2.00 bits per heavy atom. The van der Waals surface area contributed by atoms with Crippen LogP contribution in [0.2, 0.25) is 19.6 Å². The lowest BCUT2D eigenvalue weighted by atomic mass is 10.2. The zero-order chi connectivity index (χ0) is 10.9. The molecule has 0 aliphatic rings. The summed E-state index contributed by atoms with van der Waals surface area (Å²) < 4.78 is 21.5. The fourth-order valence-electron chi connectivity index (χ4n) is 0.305. The van der Waals surface area contributed by atoms with Gasteiger partial charge in [0.15, 0.2) is 0 Å². The summed E-state index contributed by atoms with van der Waals surface area (Å²) in [5.41, 5.74) is 2.97. The van der Waals surface area contributed by atoms with Crippen molar-refractivity contribution < 1.29 is 4.11 Å². The minimum absolute atomic E-state index is 1.41. The van der Waals surface area contributed by atoms with E-state index >= 15 is 0 Å². The molecule has 1 unspecified atom stereocenters. The Hall–Kier alpha value is 0.0669. The molecule has 0 nitrogen and oxygen atoms in total. The van der Waals surface area contributed by atoms with Crippen molar-refractivity contribution in [3.8, 4) is 11.5 Å². The Kier molecular flexibility index (Phi) is 1.69. The van der Waals surface area contributed by atoms with Crippen LogP contribution in [-0.4, -0.2) is 12.9 Å².